The molecule has 2 N–H and O–H groups in total. The molecule has 0 fully saturated rings. The minimum absolute atomic E-state index is 0.0964. The molecule has 1 aromatic heterocycles. The van der Waals surface area contributed by atoms with E-state index in [1.807, 2.05) is 0 Å². The third-order valence-electron chi connectivity index (χ3n) is 3.50. The van der Waals surface area contributed by atoms with Crippen LogP contribution in [-0.2, 0) is 19.6 Å². The molecule has 2 rings (SSSR count). The Kier molecular flexibility index (Phi) is 6.65. The van der Waals surface area contributed by atoms with E-state index in [2.05, 4.69) is 4.98 Å². The molecule has 0 unspecified atom stereocenters. The van der Waals surface area contributed by atoms with Crippen LogP contribution in [-0.4, -0.2) is 26.7 Å². The number of aliphatic hydroxyl groups is 2. The van der Waals surface area contributed by atoms with Gasteiger partial charge in [0.2, 0.25) is 0 Å². The van der Waals surface area contributed by atoms with Crippen molar-refractivity contribution >= 4 is 5.69 Å². The number of ether oxygens (including phenoxy) is 1. The van der Waals surface area contributed by atoms with Crippen molar-refractivity contribution in [3.05, 3.63) is 63.5 Å². The Morgan fingerprint density at radius 1 is 1.04 bits per heavy atom. The fraction of sp³-hybridized carbons (Fsp3) is 0.353. The summed E-state index contributed by atoms with van der Waals surface area (Å²) in [4.78, 5) is 14.2. The topological polar surface area (TPSA) is 106 Å². The number of hydrogen-bond acceptors (Lipinski definition) is 6. The van der Waals surface area contributed by atoms with Crippen LogP contribution in [0.1, 0.15) is 29.8 Å². The average Bonchev–Trinajstić information content (AvgIpc) is 2.61. The normalized spacial score (nSPS) is 10.6. The standard InChI is InChI=1S/C17H20N2O5/c20-11-14-9-17(10-15(12-21)18-14)24-8-2-1-3-13-4-6-16(7-5-13)19(22)23/h4-7,9-10,20-21H,1-3,8,11-12H2. The molecule has 7 nitrogen and oxygen atoms in total. The lowest BCUT2D eigenvalue weighted by Gasteiger charge is -2.09. The van der Waals surface area contributed by atoms with Crippen molar-refractivity contribution in [3.63, 3.8) is 0 Å². The highest BCUT2D eigenvalue weighted by molar-refractivity contribution is 5.32. The first kappa shape index (κ1) is 17.8. The zero-order valence-electron chi connectivity index (χ0n) is 13.2. The molecule has 0 aliphatic rings. The first-order valence-electron chi connectivity index (χ1n) is 7.70. The summed E-state index contributed by atoms with van der Waals surface area (Å²) in [6, 6.07) is 9.85. The van der Waals surface area contributed by atoms with Crippen LogP contribution < -0.4 is 4.74 Å². The Hall–Kier alpha value is -2.51. The molecule has 1 aromatic carbocycles. The number of aryl methyl sites for hydroxylation is 1. The maximum absolute atomic E-state index is 10.6. The van der Waals surface area contributed by atoms with Gasteiger partial charge in [-0.25, -0.2) is 0 Å². The number of hydrogen-bond donors (Lipinski definition) is 2. The van der Waals surface area contributed by atoms with Crippen LogP contribution in [0.15, 0.2) is 36.4 Å². The van der Waals surface area contributed by atoms with E-state index in [9.17, 15) is 10.1 Å². The molecule has 1 heterocycles. The fourth-order valence-corrected chi connectivity index (χ4v) is 2.27. The van der Waals surface area contributed by atoms with Gasteiger partial charge < -0.3 is 14.9 Å². The van der Waals surface area contributed by atoms with E-state index in [4.69, 9.17) is 14.9 Å². The molecule has 0 atom stereocenters. The van der Waals surface area contributed by atoms with Crippen molar-refractivity contribution < 1.29 is 19.9 Å². The van der Waals surface area contributed by atoms with Crippen molar-refractivity contribution in [2.24, 2.45) is 0 Å². The van der Waals surface area contributed by atoms with Gasteiger partial charge in [0, 0.05) is 24.3 Å². The fourth-order valence-electron chi connectivity index (χ4n) is 2.27. The Morgan fingerprint density at radius 3 is 2.21 bits per heavy atom. The molecular formula is C17H20N2O5. The van der Waals surface area contributed by atoms with Crippen LogP contribution in [0.3, 0.4) is 0 Å². The van der Waals surface area contributed by atoms with Gasteiger partial charge in [-0.3, -0.25) is 15.1 Å². The quantitative estimate of drug-likeness (QED) is 0.415. The second kappa shape index (κ2) is 8.95. The molecule has 0 bridgehead atoms. The highest BCUT2D eigenvalue weighted by Crippen LogP contribution is 2.16. The number of unbranched alkanes of at least 4 members (excludes halogenated alkanes) is 1. The monoisotopic (exact) mass is 332 g/mol. The van der Waals surface area contributed by atoms with E-state index in [-0.39, 0.29) is 18.9 Å². The number of non-ortho nitro benzene ring substituents is 1. The maximum Gasteiger partial charge on any atom is 0.269 e. The second-order valence-electron chi connectivity index (χ2n) is 5.33. The Balaban J connectivity index is 1.76. The Bertz CT molecular complexity index is 651. The van der Waals surface area contributed by atoms with E-state index in [1.54, 1.807) is 24.3 Å². The van der Waals surface area contributed by atoms with Crippen LogP contribution in [0.2, 0.25) is 0 Å². The predicted octanol–water partition coefficient (Wildman–Crippen LogP) is 2.38. The molecule has 24 heavy (non-hydrogen) atoms. The van der Waals surface area contributed by atoms with Gasteiger partial charge in [0.05, 0.1) is 36.1 Å². The van der Waals surface area contributed by atoms with Gasteiger partial charge in [-0.1, -0.05) is 12.1 Å². The molecule has 0 saturated heterocycles. The van der Waals surface area contributed by atoms with Gasteiger partial charge in [-0.2, -0.15) is 0 Å². The molecule has 2 aromatic rings. The number of nitrogens with zero attached hydrogens (tertiary/aromatic N) is 2. The van der Waals surface area contributed by atoms with E-state index < -0.39 is 4.92 Å². The van der Waals surface area contributed by atoms with Gasteiger partial charge in [0.25, 0.3) is 5.69 Å². The summed E-state index contributed by atoms with van der Waals surface area (Å²) in [5.41, 5.74) is 2.07. The maximum atomic E-state index is 10.6. The van der Waals surface area contributed by atoms with Crippen molar-refractivity contribution in [1.29, 1.82) is 0 Å². The highest BCUT2D eigenvalue weighted by Gasteiger charge is 2.05. The van der Waals surface area contributed by atoms with E-state index in [0.29, 0.717) is 23.7 Å². The summed E-state index contributed by atoms with van der Waals surface area (Å²) in [6.45, 7) is 0.0986. The molecular weight excluding hydrogens is 312 g/mol. The number of nitro groups is 1. The third kappa shape index (κ3) is 5.29. The van der Waals surface area contributed by atoms with Crippen LogP contribution in [0.5, 0.6) is 5.75 Å². The number of nitro benzene ring substituents is 1. The molecule has 0 radical (unpaired) electrons. The molecule has 0 amide bonds. The van der Waals surface area contributed by atoms with Crippen molar-refractivity contribution in [3.8, 4) is 5.75 Å². The van der Waals surface area contributed by atoms with Crippen LogP contribution >= 0.6 is 0 Å². The van der Waals surface area contributed by atoms with Gasteiger partial charge >= 0.3 is 0 Å². The first-order chi connectivity index (χ1) is 11.6. The van der Waals surface area contributed by atoms with Gasteiger partial charge in [0.15, 0.2) is 0 Å². The summed E-state index contributed by atoms with van der Waals surface area (Å²) in [7, 11) is 0. The average molecular weight is 332 g/mol. The van der Waals surface area contributed by atoms with Gasteiger partial charge in [0.1, 0.15) is 5.75 Å². The van der Waals surface area contributed by atoms with E-state index in [0.717, 1.165) is 24.8 Å². The molecule has 0 aliphatic heterocycles. The smallest absolute Gasteiger partial charge is 0.269 e. The van der Waals surface area contributed by atoms with Gasteiger partial charge in [-0.15, -0.1) is 0 Å². The van der Waals surface area contributed by atoms with Crippen molar-refractivity contribution in [2.75, 3.05) is 6.61 Å². The lowest BCUT2D eigenvalue weighted by molar-refractivity contribution is -0.384. The molecule has 0 saturated carbocycles. The highest BCUT2D eigenvalue weighted by atomic mass is 16.6. The number of aliphatic hydroxyl groups excluding tert-OH is 2. The first-order valence-corrected chi connectivity index (χ1v) is 7.70. The van der Waals surface area contributed by atoms with Crippen molar-refractivity contribution in [2.45, 2.75) is 32.5 Å². The van der Waals surface area contributed by atoms with Crippen LogP contribution in [0.4, 0.5) is 5.69 Å². The zero-order chi connectivity index (χ0) is 17.4. The van der Waals surface area contributed by atoms with Crippen molar-refractivity contribution in [1.82, 2.24) is 4.98 Å². The minimum Gasteiger partial charge on any atom is -0.493 e. The summed E-state index contributed by atoms with van der Waals surface area (Å²) >= 11 is 0. The summed E-state index contributed by atoms with van der Waals surface area (Å²) in [5.74, 6) is 0.577. The number of pyridine rings is 1. The Morgan fingerprint density at radius 2 is 1.67 bits per heavy atom. The van der Waals surface area contributed by atoms with E-state index >= 15 is 0 Å². The van der Waals surface area contributed by atoms with Crippen LogP contribution in [0.25, 0.3) is 0 Å². The largest absolute Gasteiger partial charge is 0.493 e. The molecule has 0 spiro atoms. The lowest BCUT2D eigenvalue weighted by Crippen LogP contribution is -2.02. The minimum atomic E-state index is -0.409. The summed E-state index contributed by atoms with van der Waals surface area (Å²) < 4.78 is 5.63. The zero-order valence-corrected chi connectivity index (χ0v) is 13.2. The lowest BCUT2D eigenvalue weighted by atomic mass is 10.1. The van der Waals surface area contributed by atoms with Gasteiger partial charge in [-0.05, 0) is 24.8 Å². The number of rotatable bonds is 9. The number of benzene rings is 1. The SMILES string of the molecule is O=[N+]([O-])c1ccc(CCCCOc2cc(CO)nc(CO)c2)cc1. The Labute approximate surface area is 139 Å². The molecule has 0 aliphatic carbocycles. The van der Waals surface area contributed by atoms with E-state index in [1.165, 1.54) is 12.1 Å². The second-order valence-corrected chi connectivity index (χ2v) is 5.33. The summed E-state index contributed by atoms with van der Waals surface area (Å²) in [6.07, 6.45) is 2.53. The third-order valence-corrected chi connectivity index (χ3v) is 3.50. The van der Waals surface area contributed by atoms with Crippen LogP contribution in [0, 0.1) is 10.1 Å². The predicted molar refractivity (Wildman–Crippen MR) is 87.6 cm³/mol. The molecule has 128 valence electrons. The molecule has 7 heteroatoms. The number of aromatic nitrogens is 1. The summed E-state index contributed by atoms with van der Waals surface area (Å²) in [5, 5.41) is 28.9.